The first-order valence-electron chi connectivity index (χ1n) is 9.17. The third-order valence-electron chi connectivity index (χ3n) is 5.25. The molecule has 2 aromatic rings. The van der Waals surface area contributed by atoms with Crippen LogP contribution in [0, 0.1) is 0 Å². The van der Waals surface area contributed by atoms with Gasteiger partial charge in [-0.05, 0) is 17.7 Å². The molecule has 0 aromatic heterocycles. The van der Waals surface area contributed by atoms with Crippen molar-refractivity contribution in [2.24, 2.45) is 0 Å². The highest BCUT2D eigenvalue weighted by molar-refractivity contribution is 5.98. The number of methoxy groups -OCH3 is 2. The van der Waals surface area contributed by atoms with Crippen LogP contribution in [0.25, 0.3) is 0 Å². The van der Waals surface area contributed by atoms with Crippen molar-refractivity contribution in [2.45, 2.75) is 12.8 Å². The summed E-state index contributed by atoms with van der Waals surface area (Å²) in [4.78, 5) is 17.1. The Morgan fingerprint density at radius 2 is 1.74 bits per heavy atom. The molecule has 0 bridgehead atoms. The highest BCUT2D eigenvalue weighted by atomic mass is 16.6. The van der Waals surface area contributed by atoms with Crippen molar-refractivity contribution in [3.8, 4) is 11.5 Å². The summed E-state index contributed by atoms with van der Waals surface area (Å²) in [6.07, 6.45) is -0.355. The van der Waals surface area contributed by atoms with Crippen LogP contribution in [0.4, 0.5) is 0 Å². The van der Waals surface area contributed by atoms with E-state index < -0.39 is 0 Å². The Morgan fingerprint density at radius 1 is 1.00 bits per heavy atom. The lowest BCUT2D eigenvalue weighted by Crippen LogP contribution is -2.47. The lowest BCUT2D eigenvalue weighted by molar-refractivity contribution is -0.0419. The third kappa shape index (κ3) is 3.38. The van der Waals surface area contributed by atoms with E-state index in [2.05, 4.69) is 34.1 Å². The topological polar surface area (TPSA) is 51.2 Å². The van der Waals surface area contributed by atoms with Gasteiger partial charge in [0.15, 0.2) is 17.7 Å². The minimum atomic E-state index is -0.355. The molecule has 2 heterocycles. The fraction of sp³-hybridized carbons (Fsp3) is 0.381. The molecule has 0 aliphatic carbocycles. The van der Waals surface area contributed by atoms with Gasteiger partial charge in [0.2, 0.25) is 0 Å². The maximum Gasteiger partial charge on any atom is 0.344 e. The third-order valence-corrected chi connectivity index (χ3v) is 5.25. The van der Waals surface area contributed by atoms with Crippen LogP contribution in [0.2, 0.25) is 0 Å². The van der Waals surface area contributed by atoms with Crippen LogP contribution in [-0.2, 0) is 11.3 Å². The minimum absolute atomic E-state index is 0.350. The molecule has 1 atom stereocenters. The molecule has 2 aromatic carbocycles. The number of ether oxygens (including phenoxy) is 3. The summed E-state index contributed by atoms with van der Waals surface area (Å²) in [7, 11) is 3.11. The van der Waals surface area contributed by atoms with Gasteiger partial charge in [-0.15, -0.1) is 0 Å². The highest BCUT2D eigenvalue weighted by Crippen LogP contribution is 2.43. The number of cyclic esters (lactones) is 1. The number of hydrogen-bond donors (Lipinski definition) is 0. The maximum atomic E-state index is 12.5. The zero-order chi connectivity index (χ0) is 18.8. The van der Waals surface area contributed by atoms with E-state index >= 15 is 0 Å². The Labute approximate surface area is 159 Å². The van der Waals surface area contributed by atoms with Gasteiger partial charge in [0.1, 0.15) is 5.56 Å². The molecule has 4 rings (SSSR count). The number of fused-ring (bicyclic) bond motifs is 1. The van der Waals surface area contributed by atoms with E-state index in [9.17, 15) is 4.79 Å². The summed E-state index contributed by atoms with van der Waals surface area (Å²) >= 11 is 0. The van der Waals surface area contributed by atoms with E-state index in [0.29, 0.717) is 17.1 Å². The van der Waals surface area contributed by atoms with Gasteiger partial charge in [-0.1, -0.05) is 30.3 Å². The Hall–Kier alpha value is -2.57. The summed E-state index contributed by atoms with van der Waals surface area (Å²) in [6.45, 7) is 4.51. The van der Waals surface area contributed by atoms with Crippen LogP contribution in [0.1, 0.15) is 27.7 Å². The second kappa shape index (κ2) is 7.58. The number of carbonyl (C=O) groups is 1. The van der Waals surface area contributed by atoms with E-state index in [1.807, 2.05) is 18.2 Å². The highest BCUT2D eigenvalue weighted by Gasteiger charge is 2.39. The molecule has 0 N–H and O–H groups in total. The average molecular weight is 368 g/mol. The number of rotatable bonds is 5. The summed E-state index contributed by atoms with van der Waals surface area (Å²) < 4.78 is 16.4. The van der Waals surface area contributed by atoms with Gasteiger partial charge in [0.25, 0.3) is 0 Å². The first-order chi connectivity index (χ1) is 13.2. The van der Waals surface area contributed by atoms with E-state index in [4.69, 9.17) is 14.2 Å². The quantitative estimate of drug-likeness (QED) is 0.757. The lowest BCUT2D eigenvalue weighted by Gasteiger charge is -2.37. The molecular weight excluding hydrogens is 344 g/mol. The van der Waals surface area contributed by atoms with E-state index in [1.54, 1.807) is 14.2 Å². The molecule has 0 amide bonds. The van der Waals surface area contributed by atoms with Crippen molar-refractivity contribution < 1.29 is 19.0 Å². The van der Waals surface area contributed by atoms with Crippen LogP contribution >= 0.6 is 0 Å². The number of hydrogen-bond acceptors (Lipinski definition) is 6. The average Bonchev–Trinajstić information content (AvgIpc) is 3.05. The normalized spacial score (nSPS) is 20.2. The SMILES string of the molecule is COc1ccc2c(c1OC)C(=O)O[C@H]2N1CCN(Cc2ccccc2)CC1. The molecule has 142 valence electrons. The van der Waals surface area contributed by atoms with Gasteiger partial charge in [0, 0.05) is 38.3 Å². The van der Waals surface area contributed by atoms with Crippen molar-refractivity contribution in [2.75, 3.05) is 40.4 Å². The molecule has 0 saturated carbocycles. The molecule has 2 aliphatic rings. The van der Waals surface area contributed by atoms with Crippen LogP contribution in [0.3, 0.4) is 0 Å². The van der Waals surface area contributed by atoms with Gasteiger partial charge >= 0.3 is 5.97 Å². The molecule has 27 heavy (non-hydrogen) atoms. The van der Waals surface area contributed by atoms with Crippen molar-refractivity contribution in [1.82, 2.24) is 9.80 Å². The fourth-order valence-corrected chi connectivity index (χ4v) is 3.85. The molecule has 6 nitrogen and oxygen atoms in total. The Balaban J connectivity index is 1.47. The molecule has 0 radical (unpaired) electrons. The smallest absolute Gasteiger partial charge is 0.344 e. The van der Waals surface area contributed by atoms with Crippen LogP contribution < -0.4 is 9.47 Å². The first-order valence-corrected chi connectivity index (χ1v) is 9.17. The van der Waals surface area contributed by atoms with Crippen molar-refractivity contribution in [1.29, 1.82) is 0 Å². The monoisotopic (exact) mass is 368 g/mol. The molecule has 0 spiro atoms. The zero-order valence-corrected chi connectivity index (χ0v) is 15.7. The predicted molar refractivity (Wildman–Crippen MR) is 101 cm³/mol. The van der Waals surface area contributed by atoms with E-state index in [-0.39, 0.29) is 12.2 Å². The second-order valence-electron chi connectivity index (χ2n) is 6.82. The summed E-state index contributed by atoms with van der Waals surface area (Å²) in [5.74, 6) is 0.643. The predicted octanol–water partition coefficient (Wildman–Crippen LogP) is 2.69. The van der Waals surface area contributed by atoms with Crippen LogP contribution in [0.5, 0.6) is 11.5 Å². The van der Waals surface area contributed by atoms with E-state index in [1.165, 1.54) is 5.56 Å². The largest absolute Gasteiger partial charge is 0.493 e. The van der Waals surface area contributed by atoms with E-state index in [0.717, 1.165) is 38.3 Å². The number of esters is 1. The van der Waals surface area contributed by atoms with Crippen molar-refractivity contribution in [3.05, 3.63) is 59.2 Å². The van der Waals surface area contributed by atoms with Gasteiger partial charge < -0.3 is 14.2 Å². The number of benzene rings is 2. The summed E-state index contributed by atoms with van der Waals surface area (Å²) in [6, 6.07) is 14.2. The minimum Gasteiger partial charge on any atom is -0.493 e. The number of nitrogens with zero attached hydrogens (tertiary/aromatic N) is 2. The van der Waals surface area contributed by atoms with Gasteiger partial charge in [-0.2, -0.15) is 0 Å². The summed E-state index contributed by atoms with van der Waals surface area (Å²) in [5.41, 5.74) is 2.66. The Morgan fingerprint density at radius 3 is 2.41 bits per heavy atom. The van der Waals surface area contributed by atoms with Gasteiger partial charge in [-0.25, -0.2) is 4.79 Å². The molecular formula is C21H24N2O4. The van der Waals surface area contributed by atoms with Crippen molar-refractivity contribution in [3.63, 3.8) is 0 Å². The molecule has 1 fully saturated rings. The maximum absolute atomic E-state index is 12.5. The van der Waals surface area contributed by atoms with Crippen molar-refractivity contribution >= 4 is 5.97 Å². The van der Waals surface area contributed by atoms with Gasteiger partial charge in [-0.3, -0.25) is 9.80 Å². The summed E-state index contributed by atoms with van der Waals surface area (Å²) in [5, 5.41) is 0. The molecule has 6 heteroatoms. The standard InChI is InChI=1S/C21H24N2O4/c1-25-17-9-8-16-18(19(17)26-2)21(24)27-20(16)23-12-10-22(11-13-23)14-15-6-4-3-5-7-15/h3-9,20H,10-14H2,1-2H3/t20-/m1/s1. The molecule has 0 unspecified atom stereocenters. The van der Waals surface area contributed by atoms with Crippen LogP contribution in [0.15, 0.2) is 42.5 Å². The second-order valence-corrected chi connectivity index (χ2v) is 6.82. The fourth-order valence-electron chi connectivity index (χ4n) is 3.85. The molecule has 1 saturated heterocycles. The molecule has 2 aliphatic heterocycles. The zero-order valence-electron chi connectivity index (χ0n) is 15.7. The Bertz CT molecular complexity index is 816. The number of piperazine rings is 1. The first kappa shape index (κ1) is 17.8. The Kier molecular flexibility index (Phi) is 5.01. The van der Waals surface area contributed by atoms with Crippen LogP contribution in [-0.4, -0.2) is 56.2 Å². The van der Waals surface area contributed by atoms with Gasteiger partial charge in [0.05, 0.1) is 14.2 Å². The lowest BCUT2D eigenvalue weighted by atomic mass is 10.1. The number of carbonyl (C=O) groups excluding carboxylic acids is 1.